The Kier molecular flexibility index (Phi) is 9.01. The molecule has 5 heteroatoms. The van der Waals surface area contributed by atoms with Crippen molar-refractivity contribution in [3.8, 4) is 11.5 Å². The highest BCUT2D eigenvalue weighted by atomic mass is 16.5. The fraction of sp³-hybridized carbons (Fsp3) is 0.225. The number of aliphatic hydroxyl groups is 2. The van der Waals surface area contributed by atoms with Gasteiger partial charge < -0.3 is 19.7 Å². The maximum Gasteiger partial charge on any atom is 0.167 e. The molecule has 0 aromatic heterocycles. The number of rotatable bonds is 8. The van der Waals surface area contributed by atoms with Crippen LogP contribution in [-0.2, 0) is 4.79 Å². The van der Waals surface area contributed by atoms with Gasteiger partial charge in [-0.2, -0.15) is 0 Å². The van der Waals surface area contributed by atoms with Crippen molar-refractivity contribution in [2.75, 3.05) is 0 Å². The number of aliphatic hydroxyl groups excluding tert-OH is 2. The average molecular weight is 601 g/mol. The summed E-state index contributed by atoms with van der Waals surface area (Å²) >= 11 is 0. The number of ketones is 1. The van der Waals surface area contributed by atoms with Crippen LogP contribution in [0.1, 0.15) is 50.3 Å². The van der Waals surface area contributed by atoms with Crippen LogP contribution >= 0.6 is 0 Å². The lowest BCUT2D eigenvalue weighted by Crippen LogP contribution is -2.28. The number of Topliss-reactive ketones (excluding diaryl/α,β-unsaturated/α-hetero) is 1. The molecule has 0 spiro atoms. The van der Waals surface area contributed by atoms with Gasteiger partial charge >= 0.3 is 0 Å². The maximum atomic E-state index is 14.2. The zero-order valence-corrected chi connectivity index (χ0v) is 26.6. The zero-order chi connectivity index (χ0) is 32.4. The summed E-state index contributed by atoms with van der Waals surface area (Å²) in [7, 11) is 0. The molecule has 230 valence electrons. The molecular weight excluding hydrogens is 560 g/mol. The Morgan fingerprint density at radius 3 is 2.53 bits per heavy atom. The molecule has 0 amide bonds. The summed E-state index contributed by atoms with van der Waals surface area (Å²) in [5.41, 5.74) is 5.79. The molecule has 2 aromatic rings. The van der Waals surface area contributed by atoms with Gasteiger partial charge in [-0.1, -0.05) is 67.6 Å². The highest BCUT2D eigenvalue weighted by molar-refractivity contribution is 6.03. The number of hydrogen-bond acceptors (Lipinski definition) is 5. The summed E-state index contributed by atoms with van der Waals surface area (Å²) in [5.74, 6) is 0.690. The topological polar surface area (TPSA) is 76.0 Å². The van der Waals surface area contributed by atoms with E-state index >= 15 is 0 Å². The number of allylic oxidation sites excluding steroid dienone is 12. The smallest absolute Gasteiger partial charge is 0.167 e. The standard InChI is InChI=1S/C40H40O5/c1-8-9-13-29(21-27(6)44-31-14-11-10-12-15-31)36(35-28(7)45-40-26(5)17-25(4)20-33(40)39(35)43)37-34(41)22-30-18-23(2)16-24(3)19-32(30)38(37)42/h8,10-21,23,36,42-43H,1,7,9,22H2,2-6H3/b27-21+,29-13?. The van der Waals surface area contributed by atoms with Gasteiger partial charge in [-0.05, 0) is 92.7 Å². The fourth-order valence-corrected chi connectivity index (χ4v) is 6.37. The van der Waals surface area contributed by atoms with Crippen molar-refractivity contribution in [3.05, 3.63) is 159 Å². The Morgan fingerprint density at radius 2 is 1.82 bits per heavy atom. The second-order valence-corrected chi connectivity index (χ2v) is 12.0. The van der Waals surface area contributed by atoms with E-state index in [2.05, 4.69) is 26.2 Å². The molecule has 5 rings (SSSR count). The van der Waals surface area contributed by atoms with E-state index in [0.29, 0.717) is 46.0 Å². The molecular formula is C40H40O5. The molecule has 1 aliphatic heterocycles. The van der Waals surface area contributed by atoms with Gasteiger partial charge in [0.2, 0.25) is 0 Å². The van der Waals surface area contributed by atoms with Gasteiger partial charge in [0.25, 0.3) is 0 Å². The molecule has 2 aromatic carbocycles. The molecule has 0 fully saturated rings. The first-order chi connectivity index (χ1) is 21.5. The minimum atomic E-state index is -0.930. The molecule has 2 aliphatic carbocycles. The van der Waals surface area contributed by atoms with Gasteiger partial charge in [0, 0.05) is 23.5 Å². The summed E-state index contributed by atoms with van der Waals surface area (Å²) < 4.78 is 12.4. The molecule has 0 saturated carbocycles. The van der Waals surface area contributed by atoms with Crippen LogP contribution in [0.5, 0.6) is 11.5 Å². The van der Waals surface area contributed by atoms with Crippen molar-refractivity contribution in [1.82, 2.24) is 0 Å². The largest absolute Gasteiger partial charge is 0.507 e. The van der Waals surface area contributed by atoms with Gasteiger partial charge in [0.05, 0.1) is 11.1 Å². The summed E-state index contributed by atoms with van der Waals surface area (Å²) in [5, 5.41) is 24.0. The Balaban J connectivity index is 1.79. The normalized spacial score (nSPS) is 19.5. The van der Waals surface area contributed by atoms with E-state index in [4.69, 9.17) is 9.47 Å². The lowest BCUT2D eigenvalue weighted by atomic mass is 9.73. The molecule has 0 saturated heterocycles. The Hall–Kier alpha value is -5.03. The second-order valence-electron chi connectivity index (χ2n) is 12.0. The molecule has 1 heterocycles. The van der Waals surface area contributed by atoms with E-state index in [-0.39, 0.29) is 41.0 Å². The van der Waals surface area contributed by atoms with Crippen LogP contribution in [0.25, 0.3) is 5.76 Å². The molecule has 2 N–H and O–H groups in total. The maximum absolute atomic E-state index is 14.2. The third kappa shape index (κ3) is 6.44. The second kappa shape index (κ2) is 12.9. The first-order valence-electron chi connectivity index (χ1n) is 15.2. The first kappa shape index (κ1) is 31.4. The number of hydrogen-bond donors (Lipinski definition) is 2. The number of carbonyl (C=O) groups is 1. The predicted molar refractivity (Wildman–Crippen MR) is 181 cm³/mol. The number of carbonyl (C=O) groups excluding carboxylic acids is 1. The number of ether oxygens (including phenoxy) is 2. The SMILES string of the molecule is C=CCC=C(/C=C(\C)Oc1ccccc1)C(C1=C(O)C2=CC(C)=CC(C)C=C2CC1=O)C1=C(O)c2cc(C)cc(C)c2OC1=C. The number of aryl methyl sites for hydroxylation is 2. The van der Waals surface area contributed by atoms with E-state index < -0.39 is 5.92 Å². The highest BCUT2D eigenvalue weighted by Gasteiger charge is 2.41. The van der Waals surface area contributed by atoms with Gasteiger partial charge in [0.15, 0.2) is 5.78 Å². The molecule has 45 heavy (non-hydrogen) atoms. The third-order valence-electron chi connectivity index (χ3n) is 8.15. The van der Waals surface area contributed by atoms with Crippen molar-refractivity contribution in [1.29, 1.82) is 0 Å². The highest BCUT2D eigenvalue weighted by Crippen LogP contribution is 2.48. The van der Waals surface area contributed by atoms with Gasteiger partial charge in [-0.25, -0.2) is 0 Å². The van der Waals surface area contributed by atoms with Gasteiger partial charge in [-0.3, -0.25) is 4.79 Å². The summed E-state index contributed by atoms with van der Waals surface area (Å²) in [6, 6.07) is 13.2. The van der Waals surface area contributed by atoms with Crippen LogP contribution in [0.3, 0.4) is 0 Å². The molecule has 2 atom stereocenters. The number of benzene rings is 2. The molecule has 5 nitrogen and oxygen atoms in total. The minimum absolute atomic E-state index is 0.0495. The van der Waals surface area contributed by atoms with Crippen molar-refractivity contribution in [2.24, 2.45) is 11.8 Å². The lowest BCUT2D eigenvalue weighted by Gasteiger charge is -2.33. The molecule has 2 unspecified atom stereocenters. The number of para-hydroxylation sites is 1. The molecule has 0 radical (unpaired) electrons. The van der Waals surface area contributed by atoms with Crippen LogP contribution in [0.4, 0.5) is 0 Å². The van der Waals surface area contributed by atoms with Crippen molar-refractivity contribution >= 4 is 11.5 Å². The van der Waals surface area contributed by atoms with Crippen LogP contribution in [0, 0.1) is 25.7 Å². The van der Waals surface area contributed by atoms with Crippen molar-refractivity contribution in [2.45, 2.75) is 47.5 Å². The fourth-order valence-electron chi connectivity index (χ4n) is 6.37. The number of fused-ring (bicyclic) bond motifs is 2. The van der Waals surface area contributed by atoms with E-state index in [1.807, 2.05) is 94.5 Å². The predicted octanol–water partition coefficient (Wildman–Crippen LogP) is 9.81. The van der Waals surface area contributed by atoms with E-state index in [1.165, 1.54) is 0 Å². The minimum Gasteiger partial charge on any atom is -0.507 e. The van der Waals surface area contributed by atoms with Crippen LogP contribution < -0.4 is 9.47 Å². The van der Waals surface area contributed by atoms with E-state index in [1.54, 1.807) is 6.08 Å². The summed E-state index contributed by atoms with van der Waals surface area (Å²) in [4.78, 5) is 14.2. The van der Waals surface area contributed by atoms with Gasteiger partial charge in [-0.15, -0.1) is 6.58 Å². The van der Waals surface area contributed by atoms with Crippen molar-refractivity contribution in [3.63, 3.8) is 0 Å². The van der Waals surface area contributed by atoms with Crippen LogP contribution in [-0.4, -0.2) is 16.0 Å². The summed E-state index contributed by atoms with van der Waals surface area (Å²) in [6.07, 6.45) is 12.1. The van der Waals surface area contributed by atoms with Crippen LogP contribution in [0.2, 0.25) is 0 Å². The van der Waals surface area contributed by atoms with Gasteiger partial charge in [0.1, 0.15) is 34.5 Å². The first-order valence-corrected chi connectivity index (χ1v) is 15.2. The Bertz CT molecular complexity index is 1800. The lowest BCUT2D eigenvalue weighted by molar-refractivity contribution is -0.115. The van der Waals surface area contributed by atoms with E-state index in [9.17, 15) is 15.0 Å². The van der Waals surface area contributed by atoms with Crippen LogP contribution in [0.15, 0.2) is 143 Å². The van der Waals surface area contributed by atoms with E-state index in [0.717, 1.165) is 22.3 Å². The summed E-state index contributed by atoms with van der Waals surface area (Å²) in [6.45, 7) is 17.8. The van der Waals surface area contributed by atoms with Crippen molar-refractivity contribution < 1.29 is 24.5 Å². The molecule has 0 bridgehead atoms. The zero-order valence-electron chi connectivity index (χ0n) is 26.6. The third-order valence-corrected chi connectivity index (χ3v) is 8.15. The Morgan fingerprint density at radius 1 is 1.09 bits per heavy atom. The Labute approximate surface area is 265 Å². The monoisotopic (exact) mass is 600 g/mol. The quantitative estimate of drug-likeness (QED) is 0.179. The molecule has 3 aliphatic rings. The average Bonchev–Trinajstić information content (AvgIpc) is 3.12.